The third kappa shape index (κ3) is 3.91. The van der Waals surface area contributed by atoms with Crippen molar-refractivity contribution in [1.82, 2.24) is 4.98 Å². The Morgan fingerprint density at radius 3 is 2.63 bits per heavy atom. The molecular weight excluding hydrogens is 362 g/mol. The van der Waals surface area contributed by atoms with Crippen molar-refractivity contribution < 1.29 is 14.3 Å². The summed E-state index contributed by atoms with van der Waals surface area (Å²) in [7, 11) is 0. The Labute approximate surface area is 159 Å². The van der Waals surface area contributed by atoms with Crippen molar-refractivity contribution in [3.8, 4) is 16.6 Å². The van der Waals surface area contributed by atoms with Gasteiger partial charge in [-0.3, -0.25) is 4.79 Å². The van der Waals surface area contributed by atoms with Gasteiger partial charge in [0.05, 0.1) is 21.8 Å². The summed E-state index contributed by atoms with van der Waals surface area (Å²) in [4.78, 5) is 29.0. The Bertz CT molecular complexity index is 1050. The maximum absolute atomic E-state index is 12.5. The smallest absolute Gasteiger partial charge is 0.339 e. The number of hydrogen-bond acceptors (Lipinski definition) is 7. The molecule has 3 aromatic rings. The standard InChI is InChI=1S/C20H15N3O3S/c1-12(22)15(10-21)17(24)11-26-20(25)14-7-3-2-6-13(14)19-23-16-8-4-5-9-18(16)27-19/h2-9,15,22H,11H2,1H3. The number of nitrogens with one attached hydrogen (secondary N) is 1. The Morgan fingerprint density at radius 1 is 1.22 bits per heavy atom. The van der Waals surface area contributed by atoms with Crippen LogP contribution in [0.15, 0.2) is 48.5 Å². The molecule has 2 aromatic carbocycles. The van der Waals surface area contributed by atoms with Crippen LogP contribution in [-0.4, -0.2) is 29.1 Å². The highest BCUT2D eigenvalue weighted by atomic mass is 32.1. The van der Waals surface area contributed by atoms with E-state index in [1.807, 2.05) is 24.3 Å². The van der Waals surface area contributed by atoms with E-state index in [1.54, 1.807) is 30.3 Å². The number of rotatable bonds is 6. The van der Waals surface area contributed by atoms with E-state index in [4.69, 9.17) is 15.4 Å². The van der Waals surface area contributed by atoms with Crippen LogP contribution in [0.1, 0.15) is 17.3 Å². The molecular formula is C20H15N3O3S. The summed E-state index contributed by atoms with van der Waals surface area (Å²) in [6, 6.07) is 16.3. The van der Waals surface area contributed by atoms with Gasteiger partial charge < -0.3 is 10.1 Å². The average Bonchev–Trinajstić information content (AvgIpc) is 3.10. The number of hydrogen-bond donors (Lipinski definition) is 1. The van der Waals surface area contributed by atoms with Crippen LogP contribution in [0.25, 0.3) is 20.8 Å². The van der Waals surface area contributed by atoms with Gasteiger partial charge in [-0.25, -0.2) is 9.78 Å². The number of esters is 1. The number of fused-ring (bicyclic) bond motifs is 1. The highest BCUT2D eigenvalue weighted by Crippen LogP contribution is 2.32. The molecule has 1 N–H and O–H groups in total. The maximum Gasteiger partial charge on any atom is 0.339 e. The van der Waals surface area contributed by atoms with Crippen LogP contribution in [0.5, 0.6) is 0 Å². The van der Waals surface area contributed by atoms with Gasteiger partial charge in [0.1, 0.15) is 10.9 Å². The first-order valence-corrected chi connectivity index (χ1v) is 8.92. The molecule has 27 heavy (non-hydrogen) atoms. The van der Waals surface area contributed by atoms with E-state index in [2.05, 4.69) is 4.98 Å². The number of nitriles is 1. The minimum absolute atomic E-state index is 0.0755. The predicted octanol–water partition coefficient (Wildman–Crippen LogP) is 3.87. The van der Waals surface area contributed by atoms with Crippen LogP contribution in [0.3, 0.4) is 0 Å². The molecule has 0 aliphatic carbocycles. The van der Waals surface area contributed by atoms with Crippen molar-refractivity contribution in [2.24, 2.45) is 5.92 Å². The van der Waals surface area contributed by atoms with Crippen LogP contribution in [-0.2, 0) is 9.53 Å². The van der Waals surface area contributed by atoms with Gasteiger partial charge in [0.15, 0.2) is 12.4 Å². The van der Waals surface area contributed by atoms with Crippen molar-refractivity contribution in [3.05, 3.63) is 54.1 Å². The number of ketones is 1. The third-order valence-corrected chi connectivity index (χ3v) is 4.97. The number of aromatic nitrogens is 1. The lowest BCUT2D eigenvalue weighted by molar-refractivity contribution is -0.122. The van der Waals surface area contributed by atoms with E-state index in [0.717, 1.165) is 10.2 Å². The van der Waals surface area contributed by atoms with Crippen LogP contribution >= 0.6 is 11.3 Å². The zero-order valence-electron chi connectivity index (χ0n) is 14.4. The summed E-state index contributed by atoms with van der Waals surface area (Å²) in [5.74, 6) is -2.48. The molecule has 0 spiro atoms. The van der Waals surface area contributed by atoms with Crippen molar-refractivity contribution in [2.45, 2.75) is 6.92 Å². The van der Waals surface area contributed by atoms with Gasteiger partial charge in [0.2, 0.25) is 0 Å². The molecule has 1 unspecified atom stereocenters. The first kappa shape index (κ1) is 18.4. The second-order valence-corrected chi connectivity index (χ2v) is 6.85. The fourth-order valence-corrected chi connectivity index (χ4v) is 3.55. The van der Waals surface area contributed by atoms with Gasteiger partial charge in [-0.05, 0) is 25.1 Å². The lowest BCUT2D eigenvalue weighted by Gasteiger charge is -2.09. The minimum Gasteiger partial charge on any atom is -0.454 e. The van der Waals surface area contributed by atoms with Crippen molar-refractivity contribution in [2.75, 3.05) is 6.61 Å². The number of nitrogens with zero attached hydrogens (tertiary/aromatic N) is 2. The largest absolute Gasteiger partial charge is 0.454 e. The molecule has 1 heterocycles. The Morgan fingerprint density at radius 2 is 1.93 bits per heavy atom. The Balaban J connectivity index is 1.83. The molecule has 0 saturated heterocycles. The monoisotopic (exact) mass is 377 g/mol. The Kier molecular flexibility index (Phi) is 5.38. The zero-order chi connectivity index (χ0) is 19.4. The van der Waals surface area contributed by atoms with E-state index in [-0.39, 0.29) is 5.71 Å². The number of ether oxygens (including phenoxy) is 1. The summed E-state index contributed by atoms with van der Waals surface area (Å²) in [5.41, 5.74) is 1.68. The van der Waals surface area contributed by atoms with E-state index < -0.39 is 24.3 Å². The van der Waals surface area contributed by atoms with Gasteiger partial charge in [0.25, 0.3) is 0 Å². The van der Waals surface area contributed by atoms with Crippen molar-refractivity contribution in [1.29, 1.82) is 10.7 Å². The summed E-state index contributed by atoms with van der Waals surface area (Å²) in [5, 5.41) is 17.1. The molecule has 0 aliphatic heterocycles. The number of thiazole rings is 1. The molecule has 1 atom stereocenters. The molecule has 7 heteroatoms. The highest BCUT2D eigenvalue weighted by molar-refractivity contribution is 7.21. The molecule has 0 fully saturated rings. The SMILES string of the molecule is CC(=N)C(C#N)C(=O)COC(=O)c1ccccc1-c1nc2ccccc2s1. The van der Waals surface area contributed by atoms with Crippen molar-refractivity contribution >= 4 is 39.0 Å². The third-order valence-electron chi connectivity index (χ3n) is 3.90. The van der Waals surface area contributed by atoms with Crippen LogP contribution in [0.2, 0.25) is 0 Å². The van der Waals surface area contributed by atoms with Gasteiger partial charge >= 0.3 is 5.97 Å². The summed E-state index contributed by atoms with van der Waals surface area (Å²) < 4.78 is 6.10. The molecule has 0 aliphatic rings. The maximum atomic E-state index is 12.5. The lowest BCUT2D eigenvalue weighted by atomic mass is 10.0. The van der Waals surface area contributed by atoms with Gasteiger partial charge in [-0.2, -0.15) is 5.26 Å². The molecule has 0 bridgehead atoms. The van der Waals surface area contributed by atoms with E-state index >= 15 is 0 Å². The van der Waals surface area contributed by atoms with Gasteiger partial charge in [-0.1, -0.05) is 30.3 Å². The summed E-state index contributed by atoms with van der Waals surface area (Å²) >= 11 is 1.46. The number of Topliss-reactive ketones (excluding diaryl/α,β-unsaturated/α-hetero) is 1. The number of carbonyl (C=O) groups excluding carboxylic acids is 2. The minimum atomic E-state index is -1.20. The molecule has 0 radical (unpaired) electrons. The topological polar surface area (TPSA) is 104 Å². The van der Waals surface area contributed by atoms with E-state index in [0.29, 0.717) is 16.1 Å². The number of benzene rings is 2. The first-order valence-electron chi connectivity index (χ1n) is 8.10. The van der Waals surface area contributed by atoms with Crippen molar-refractivity contribution in [3.63, 3.8) is 0 Å². The second-order valence-electron chi connectivity index (χ2n) is 5.82. The number of carbonyl (C=O) groups is 2. The second kappa shape index (κ2) is 7.89. The van der Waals surface area contributed by atoms with Crippen LogP contribution < -0.4 is 0 Å². The predicted molar refractivity (Wildman–Crippen MR) is 103 cm³/mol. The molecule has 0 amide bonds. The fraction of sp³-hybridized carbons (Fsp3) is 0.150. The molecule has 3 rings (SSSR count). The highest BCUT2D eigenvalue weighted by Gasteiger charge is 2.23. The first-order chi connectivity index (χ1) is 13.0. The molecule has 0 saturated carbocycles. The van der Waals surface area contributed by atoms with Gasteiger partial charge in [0, 0.05) is 11.3 Å². The summed E-state index contributed by atoms with van der Waals surface area (Å²) in [6.45, 7) is 0.817. The quantitative estimate of drug-likeness (QED) is 0.519. The van der Waals surface area contributed by atoms with E-state index in [9.17, 15) is 9.59 Å². The van der Waals surface area contributed by atoms with E-state index in [1.165, 1.54) is 18.3 Å². The van der Waals surface area contributed by atoms with Crippen LogP contribution in [0, 0.1) is 22.7 Å². The van der Waals surface area contributed by atoms with Gasteiger partial charge in [-0.15, -0.1) is 11.3 Å². The Hall–Kier alpha value is -3.37. The van der Waals surface area contributed by atoms with Crippen LogP contribution in [0.4, 0.5) is 0 Å². The molecule has 6 nitrogen and oxygen atoms in total. The fourth-order valence-electron chi connectivity index (χ4n) is 2.54. The molecule has 134 valence electrons. The zero-order valence-corrected chi connectivity index (χ0v) is 15.2. The average molecular weight is 377 g/mol. The number of para-hydroxylation sites is 1. The molecule has 1 aromatic heterocycles. The summed E-state index contributed by atoms with van der Waals surface area (Å²) in [6.07, 6.45) is 0. The normalized spacial score (nSPS) is 11.6. The lowest BCUT2D eigenvalue weighted by Crippen LogP contribution is -2.25.